The zero-order valence-electron chi connectivity index (χ0n) is 21.6. The number of rotatable bonds is 4. The van der Waals surface area contributed by atoms with Gasteiger partial charge in [0.15, 0.2) is 0 Å². The summed E-state index contributed by atoms with van der Waals surface area (Å²) in [6.07, 6.45) is 5.22. The number of hydrogen-bond acceptors (Lipinski definition) is 4. The lowest BCUT2D eigenvalue weighted by atomic mass is 9.64. The predicted molar refractivity (Wildman–Crippen MR) is 138 cm³/mol. The van der Waals surface area contributed by atoms with E-state index in [4.69, 9.17) is 0 Å². The van der Waals surface area contributed by atoms with Crippen molar-refractivity contribution in [2.75, 3.05) is 31.1 Å². The monoisotopic (exact) mass is 552 g/mol. The molecule has 1 N–H and O–H groups in total. The molecule has 2 aliphatic heterocycles. The highest BCUT2D eigenvalue weighted by Crippen LogP contribution is 2.51. The average molecular weight is 553 g/mol. The van der Waals surface area contributed by atoms with Gasteiger partial charge in [-0.05, 0) is 69.3 Å². The molecule has 10 heteroatoms. The van der Waals surface area contributed by atoms with E-state index in [1.807, 2.05) is 13.8 Å². The van der Waals surface area contributed by atoms with Gasteiger partial charge in [0.05, 0.1) is 24.6 Å². The first-order valence-electron chi connectivity index (χ1n) is 12.7. The Morgan fingerprint density at radius 2 is 1.65 bits per heavy atom. The number of halogens is 4. The minimum atomic E-state index is -2.79. The number of carbonyl (C=O) groups is 2. The van der Waals surface area contributed by atoms with Gasteiger partial charge in [0.25, 0.3) is 5.92 Å². The molecule has 0 saturated carbocycles. The highest BCUT2D eigenvalue weighted by molar-refractivity contribution is 6.08. The number of nitrogens with zero attached hydrogens (tertiary/aromatic N) is 2. The summed E-state index contributed by atoms with van der Waals surface area (Å²) in [4.78, 5) is 25.5. The summed E-state index contributed by atoms with van der Waals surface area (Å²) >= 11 is 0. The Labute approximate surface area is 226 Å². The number of allylic oxidation sites excluding steroid dienone is 5. The van der Waals surface area contributed by atoms with Crippen molar-refractivity contribution in [1.29, 1.82) is 0 Å². The van der Waals surface area contributed by atoms with Gasteiger partial charge in [0.2, 0.25) is 18.8 Å². The Morgan fingerprint density at radius 1 is 0.950 bits per heavy atom. The molecule has 0 unspecified atom stereocenters. The molecule has 0 amide bonds. The third kappa shape index (κ3) is 4.04. The van der Waals surface area contributed by atoms with Crippen LogP contribution in [0.3, 0.4) is 0 Å². The second-order valence-electron chi connectivity index (χ2n) is 11.2. The van der Waals surface area contributed by atoms with E-state index in [2.05, 4.69) is 0 Å². The fourth-order valence-corrected chi connectivity index (χ4v) is 5.96. The Bertz CT molecular complexity index is 1630. The molecule has 2 aromatic rings. The molecule has 0 radical (unpaired) electrons. The molecule has 206 valence electrons. The zero-order valence-corrected chi connectivity index (χ0v) is 21.6. The van der Waals surface area contributed by atoms with Crippen molar-refractivity contribution in [3.63, 3.8) is 0 Å². The van der Waals surface area contributed by atoms with Crippen LogP contribution < -0.4 is 10.0 Å². The third-order valence-electron chi connectivity index (χ3n) is 8.07. The first-order chi connectivity index (χ1) is 18.7. The Morgan fingerprint density at radius 3 is 2.25 bits per heavy atom. The molecule has 6 nitrogen and oxygen atoms in total. The fraction of sp³-hybridized carbons (Fsp3) is 0.300. The van der Waals surface area contributed by atoms with Crippen LogP contribution in [0.15, 0.2) is 65.8 Å². The van der Waals surface area contributed by atoms with Gasteiger partial charge in [-0.1, -0.05) is 26.0 Å². The topological polar surface area (TPSA) is 83.7 Å². The first-order valence-corrected chi connectivity index (χ1v) is 12.7. The molecule has 2 saturated heterocycles. The van der Waals surface area contributed by atoms with Crippen LogP contribution in [0.5, 0.6) is 0 Å². The summed E-state index contributed by atoms with van der Waals surface area (Å²) in [6.45, 7) is 2.15. The second-order valence-corrected chi connectivity index (χ2v) is 11.2. The number of carbonyl (C=O) groups excluding carboxylic acids is 1. The van der Waals surface area contributed by atoms with Crippen LogP contribution >= 0.6 is 0 Å². The summed E-state index contributed by atoms with van der Waals surface area (Å²) in [7, 11) is 0. The van der Waals surface area contributed by atoms with Crippen LogP contribution in [0.25, 0.3) is 5.57 Å². The van der Waals surface area contributed by atoms with E-state index in [9.17, 15) is 37.4 Å². The third-order valence-corrected chi connectivity index (χ3v) is 8.07. The van der Waals surface area contributed by atoms with Gasteiger partial charge in [-0.15, -0.1) is 0 Å². The van der Waals surface area contributed by atoms with Crippen molar-refractivity contribution in [1.82, 2.24) is 0 Å². The number of carboxylic acid groups (broad SMARTS) is 2. The molecule has 2 aromatic carbocycles. The van der Waals surface area contributed by atoms with Crippen molar-refractivity contribution in [3.8, 4) is 0 Å². The van der Waals surface area contributed by atoms with Crippen molar-refractivity contribution < 1.29 is 41.9 Å². The molecule has 4 aliphatic rings. The molecular formula is C30H24F4N2O4. The molecular weight excluding hydrogens is 528 g/mol. The van der Waals surface area contributed by atoms with Crippen molar-refractivity contribution >= 4 is 28.9 Å². The van der Waals surface area contributed by atoms with Gasteiger partial charge in [-0.2, -0.15) is 8.78 Å². The molecule has 0 bridgehead atoms. The lowest BCUT2D eigenvalue weighted by Gasteiger charge is -2.43. The normalized spacial score (nSPS) is 21.6. The van der Waals surface area contributed by atoms with E-state index < -0.39 is 55.4 Å². The molecule has 0 atom stereocenters. The van der Waals surface area contributed by atoms with Gasteiger partial charge in [0.1, 0.15) is 0 Å². The van der Waals surface area contributed by atoms with E-state index in [1.165, 1.54) is 12.1 Å². The van der Waals surface area contributed by atoms with Crippen molar-refractivity contribution in [3.05, 3.63) is 93.6 Å². The van der Waals surface area contributed by atoms with Gasteiger partial charge < -0.3 is 19.9 Å². The van der Waals surface area contributed by atoms with E-state index in [1.54, 1.807) is 45.9 Å². The minimum absolute atomic E-state index is 0.130. The van der Waals surface area contributed by atoms with Gasteiger partial charge in [-0.25, -0.2) is 18.2 Å². The molecule has 2 heterocycles. The van der Waals surface area contributed by atoms with Crippen LogP contribution in [-0.2, 0) is 5.41 Å². The van der Waals surface area contributed by atoms with Gasteiger partial charge >= 0.3 is 11.9 Å². The number of alkyl halides is 4. The smallest absolute Gasteiger partial charge is 0.361 e. The molecule has 6 rings (SSSR count). The zero-order chi connectivity index (χ0) is 28.8. The van der Waals surface area contributed by atoms with E-state index in [-0.39, 0.29) is 16.7 Å². The number of aromatic carboxylic acids is 2. The maximum atomic E-state index is 13.7. The Balaban J connectivity index is 1.61. The van der Waals surface area contributed by atoms with Crippen LogP contribution in [0.1, 0.15) is 51.3 Å². The SMILES string of the molecule is CC1(C)C2=CC(=[N+]3CC(F)(F)C3)C=CC2=C(c2cc(C(=O)[O-])ccc2C(=O)O)c2ccc(N3CC(F)(F)C3)cc21. The highest BCUT2D eigenvalue weighted by atomic mass is 19.3. The maximum Gasteiger partial charge on any atom is 0.361 e. The number of hydrogen-bond donors (Lipinski definition) is 1. The second kappa shape index (κ2) is 8.39. The summed E-state index contributed by atoms with van der Waals surface area (Å²) < 4.78 is 56.2. The van der Waals surface area contributed by atoms with Gasteiger partial charge in [-0.3, -0.25) is 0 Å². The lowest BCUT2D eigenvalue weighted by Crippen LogP contribution is -2.56. The summed E-state index contributed by atoms with van der Waals surface area (Å²) in [5.74, 6) is -8.31. The quantitative estimate of drug-likeness (QED) is 0.460. The molecule has 2 aliphatic carbocycles. The van der Waals surface area contributed by atoms with Crippen LogP contribution in [0.2, 0.25) is 0 Å². The summed E-state index contributed by atoms with van der Waals surface area (Å²) in [5.41, 5.74) is 3.33. The number of anilines is 1. The maximum absolute atomic E-state index is 13.7. The average Bonchev–Trinajstić information content (AvgIpc) is 2.85. The lowest BCUT2D eigenvalue weighted by molar-refractivity contribution is -0.638. The Kier molecular flexibility index (Phi) is 5.46. The number of benzene rings is 2. The standard InChI is InChI=1S/C30H24F4N2O4/c1-28(2)23-10-17(35-12-29(31,32)13-35)4-7-20(23)25(22-9-16(26(37)38)3-6-19(22)27(39)40)21-8-5-18(11-24(21)28)36-14-30(33,34)15-36/h3-11H,12-15H2,1-2H3,(H-,37,38,39,40). The minimum Gasteiger partial charge on any atom is -0.545 e. The summed E-state index contributed by atoms with van der Waals surface area (Å²) in [5, 5.41) is 21.7. The fourth-order valence-electron chi connectivity index (χ4n) is 5.96. The van der Waals surface area contributed by atoms with Crippen LogP contribution in [0, 0.1) is 0 Å². The summed E-state index contributed by atoms with van der Waals surface area (Å²) in [6, 6.07) is 8.85. The predicted octanol–water partition coefficient (Wildman–Crippen LogP) is 3.90. The van der Waals surface area contributed by atoms with Crippen molar-refractivity contribution in [2.45, 2.75) is 31.1 Å². The molecule has 0 aromatic heterocycles. The van der Waals surface area contributed by atoms with Crippen LogP contribution in [-0.4, -0.2) is 65.4 Å². The van der Waals surface area contributed by atoms with Crippen molar-refractivity contribution in [2.24, 2.45) is 0 Å². The van der Waals surface area contributed by atoms with Crippen LogP contribution in [0.4, 0.5) is 23.2 Å². The van der Waals surface area contributed by atoms with E-state index >= 15 is 0 Å². The largest absolute Gasteiger partial charge is 0.545 e. The Hall–Kier alpha value is -4.21. The van der Waals surface area contributed by atoms with Gasteiger partial charge in [0, 0.05) is 23.3 Å². The molecule has 0 spiro atoms. The molecule has 2 fully saturated rings. The number of carboxylic acids is 2. The first kappa shape index (κ1) is 26.0. The molecule has 40 heavy (non-hydrogen) atoms. The highest BCUT2D eigenvalue weighted by Gasteiger charge is 2.51. The van der Waals surface area contributed by atoms with E-state index in [0.717, 1.165) is 6.07 Å². The number of fused-ring (bicyclic) bond motifs is 2. The van der Waals surface area contributed by atoms with E-state index in [0.29, 0.717) is 39.2 Å².